The summed E-state index contributed by atoms with van der Waals surface area (Å²) in [7, 11) is 1.44. The number of ether oxygens (including phenoxy) is 1. The molecule has 0 bridgehead atoms. The van der Waals surface area contributed by atoms with Crippen molar-refractivity contribution < 1.29 is 19.0 Å². The largest absolute Gasteiger partial charge is 0.496 e. The molecular formula is C24H27FN4O3. The molecule has 4 N–H and O–H groups in total. The quantitative estimate of drug-likeness (QED) is 0.545. The van der Waals surface area contributed by atoms with Gasteiger partial charge in [-0.25, -0.2) is 9.07 Å². The van der Waals surface area contributed by atoms with Gasteiger partial charge in [0, 0.05) is 18.2 Å². The smallest absolute Gasteiger partial charge is 0.255 e. The molecule has 4 rings (SSSR count). The van der Waals surface area contributed by atoms with E-state index in [2.05, 4.69) is 10.4 Å². The number of amides is 1. The van der Waals surface area contributed by atoms with Crippen molar-refractivity contribution >= 4 is 11.7 Å². The summed E-state index contributed by atoms with van der Waals surface area (Å²) in [6.45, 7) is 0.287. The highest BCUT2D eigenvalue weighted by Gasteiger charge is 2.24. The van der Waals surface area contributed by atoms with Crippen LogP contribution in [0.3, 0.4) is 0 Å². The highest BCUT2D eigenvalue weighted by molar-refractivity contribution is 5.96. The molecule has 168 valence electrons. The maximum Gasteiger partial charge on any atom is 0.255 e. The van der Waals surface area contributed by atoms with Gasteiger partial charge in [-0.2, -0.15) is 5.10 Å². The lowest BCUT2D eigenvalue weighted by Crippen LogP contribution is -2.24. The third-order valence-corrected chi connectivity index (χ3v) is 5.84. The van der Waals surface area contributed by atoms with Gasteiger partial charge in [-0.3, -0.25) is 4.79 Å². The van der Waals surface area contributed by atoms with E-state index in [-0.39, 0.29) is 24.3 Å². The third kappa shape index (κ3) is 4.75. The van der Waals surface area contributed by atoms with E-state index < -0.39 is 11.7 Å². The first-order valence-electron chi connectivity index (χ1n) is 10.7. The number of nitrogen functional groups attached to an aromatic ring is 1. The molecule has 1 saturated carbocycles. The van der Waals surface area contributed by atoms with Gasteiger partial charge in [-0.1, -0.05) is 24.3 Å². The molecule has 3 aromatic rings. The van der Waals surface area contributed by atoms with Gasteiger partial charge in [0.15, 0.2) is 0 Å². The predicted octanol–water partition coefficient (Wildman–Crippen LogP) is 3.69. The monoisotopic (exact) mass is 438 g/mol. The van der Waals surface area contributed by atoms with E-state index in [4.69, 9.17) is 10.5 Å². The Bertz CT molecular complexity index is 1100. The summed E-state index contributed by atoms with van der Waals surface area (Å²) in [5.41, 5.74) is 8.91. The van der Waals surface area contributed by atoms with Crippen molar-refractivity contribution in [2.75, 3.05) is 12.8 Å². The van der Waals surface area contributed by atoms with Gasteiger partial charge >= 0.3 is 0 Å². The number of nitrogens with two attached hydrogens (primary N) is 1. The fourth-order valence-corrected chi connectivity index (χ4v) is 4.13. The van der Waals surface area contributed by atoms with E-state index in [1.54, 1.807) is 0 Å². The van der Waals surface area contributed by atoms with Gasteiger partial charge in [0.05, 0.1) is 30.5 Å². The fourth-order valence-electron chi connectivity index (χ4n) is 4.13. The fraction of sp³-hybridized carbons (Fsp3) is 0.333. The second kappa shape index (κ2) is 9.40. The Morgan fingerprint density at radius 2 is 2.03 bits per heavy atom. The summed E-state index contributed by atoms with van der Waals surface area (Å²) in [5.74, 6) is -0.00857. The Morgan fingerprint density at radius 3 is 2.75 bits per heavy atom. The normalized spacial score (nSPS) is 18.3. The van der Waals surface area contributed by atoms with Crippen LogP contribution in [-0.2, 0) is 6.54 Å². The number of anilines is 1. The van der Waals surface area contributed by atoms with Gasteiger partial charge in [0.2, 0.25) is 0 Å². The lowest BCUT2D eigenvalue weighted by atomic mass is 9.93. The molecule has 1 heterocycles. The molecule has 0 spiro atoms. The van der Waals surface area contributed by atoms with Crippen molar-refractivity contribution in [3.63, 3.8) is 0 Å². The molecule has 0 saturated heterocycles. The van der Waals surface area contributed by atoms with Gasteiger partial charge in [-0.15, -0.1) is 0 Å². The number of hydrogen-bond donors (Lipinski definition) is 3. The van der Waals surface area contributed by atoms with Crippen molar-refractivity contribution in [3.05, 3.63) is 65.5 Å². The molecule has 0 aliphatic heterocycles. The number of carbonyl (C=O) groups excluding carboxylic acids is 1. The van der Waals surface area contributed by atoms with E-state index >= 15 is 0 Å². The standard InChI is InChI=1S/C24H27FN4O3/c1-32-22-10-9-17(25)11-20(22)24(31)27-14-15-5-7-16(8-6-15)21-13-23(26)29(28-21)18-3-2-4-19(30)12-18/h5-11,13,18-19,30H,2-4,12,14,26H2,1H3,(H,27,31). The molecule has 2 aromatic carbocycles. The van der Waals surface area contributed by atoms with Crippen LogP contribution in [0.1, 0.15) is 47.6 Å². The minimum atomic E-state index is -0.498. The zero-order valence-electron chi connectivity index (χ0n) is 17.9. The molecule has 1 aromatic heterocycles. The minimum absolute atomic E-state index is 0.113. The molecule has 1 amide bonds. The number of methoxy groups -OCH3 is 1. The number of nitrogens with zero attached hydrogens (tertiary/aromatic N) is 2. The average molecular weight is 439 g/mol. The van der Waals surface area contributed by atoms with E-state index in [1.807, 2.05) is 35.0 Å². The van der Waals surface area contributed by atoms with E-state index in [0.717, 1.165) is 42.1 Å². The van der Waals surface area contributed by atoms with Crippen LogP contribution in [0, 0.1) is 5.82 Å². The van der Waals surface area contributed by atoms with Crippen molar-refractivity contribution in [3.8, 4) is 17.0 Å². The first-order chi connectivity index (χ1) is 15.4. The molecular weight excluding hydrogens is 411 g/mol. The van der Waals surface area contributed by atoms with Crippen LogP contribution < -0.4 is 15.8 Å². The summed E-state index contributed by atoms with van der Waals surface area (Å²) in [6, 6.07) is 13.4. The van der Waals surface area contributed by atoms with Crippen LogP contribution in [0.5, 0.6) is 5.75 Å². The molecule has 1 aliphatic rings. The number of carbonyl (C=O) groups is 1. The molecule has 2 unspecified atom stereocenters. The Balaban J connectivity index is 1.42. The number of rotatable bonds is 6. The second-order valence-electron chi connectivity index (χ2n) is 8.10. The lowest BCUT2D eigenvalue weighted by molar-refractivity contribution is 0.0947. The van der Waals surface area contributed by atoms with Crippen LogP contribution in [0.4, 0.5) is 10.2 Å². The van der Waals surface area contributed by atoms with Crippen LogP contribution in [0.25, 0.3) is 11.3 Å². The van der Waals surface area contributed by atoms with Crippen LogP contribution in [0.15, 0.2) is 48.5 Å². The molecule has 0 radical (unpaired) electrons. The Labute approximate surface area is 186 Å². The maximum absolute atomic E-state index is 13.5. The number of aliphatic hydroxyl groups excluding tert-OH is 1. The molecule has 32 heavy (non-hydrogen) atoms. The van der Waals surface area contributed by atoms with Gasteiger partial charge in [-0.05, 0) is 49.4 Å². The minimum Gasteiger partial charge on any atom is -0.496 e. The zero-order chi connectivity index (χ0) is 22.7. The topological polar surface area (TPSA) is 102 Å². The number of aromatic nitrogens is 2. The van der Waals surface area contributed by atoms with E-state index in [0.29, 0.717) is 18.0 Å². The Hall–Kier alpha value is -3.39. The first-order valence-corrected chi connectivity index (χ1v) is 10.7. The predicted molar refractivity (Wildman–Crippen MR) is 120 cm³/mol. The Morgan fingerprint density at radius 1 is 1.25 bits per heavy atom. The molecule has 8 heteroatoms. The number of aliphatic hydroxyl groups is 1. The van der Waals surface area contributed by atoms with Crippen molar-refractivity contribution in [1.82, 2.24) is 15.1 Å². The number of hydrogen-bond acceptors (Lipinski definition) is 5. The van der Waals surface area contributed by atoms with Gasteiger partial charge < -0.3 is 20.9 Å². The Kier molecular flexibility index (Phi) is 6.41. The number of halogens is 1. The summed E-state index contributed by atoms with van der Waals surface area (Å²) >= 11 is 0. The van der Waals surface area contributed by atoms with Crippen molar-refractivity contribution in [2.45, 2.75) is 44.4 Å². The summed E-state index contributed by atoms with van der Waals surface area (Å²) < 4.78 is 20.5. The second-order valence-corrected chi connectivity index (χ2v) is 8.10. The molecule has 1 aliphatic carbocycles. The number of nitrogens with one attached hydrogen (secondary N) is 1. The maximum atomic E-state index is 13.5. The molecule has 2 atom stereocenters. The molecule has 1 fully saturated rings. The van der Waals surface area contributed by atoms with Gasteiger partial charge in [0.1, 0.15) is 17.4 Å². The van der Waals surface area contributed by atoms with Crippen molar-refractivity contribution in [2.24, 2.45) is 0 Å². The van der Waals surface area contributed by atoms with Crippen molar-refractivity contribution in [1.29, 1.82) is 0 Å². The highest BCUT2D eigenvalue weighted by Crippen LogP contribution is 2.32. The third-order valence-electron chi connectivity index (χ3n) is 5.84. The number of benzene rings is 2. The summed E-state index contributed by atoms with van der Waals surface area (Å²) in [5, 5.41) is 17.4. The van der Waals surface area contributed by atoms with Crippen LogP contribution in [-0.4, -0.2) is 34.0 Å². The SMILES string of the molecule is COc1ccc(F)cc1C(=O)NCc1ccc(-c2cc(N)n(C3CCCC(O)C3)n2)cc1. The highest BCUT2D eigenvalue weighted by atomic mass is 19.1. The summed E-state index contributed by atoms with van der Waals surface area (Å²) in [4.78, 5) is 12.4. The molecule has 7 nitrogen and oxygen atoms in total. The average Bonchev–Trinajstić information content (AvgIpc) is 3.19. The lowest BCUT2D eigenvalue weighted by Gasteiger charge is -2.26. The van der Waals surface area contributed by atoms with Crippen LogP contribution in [0.2, 0.25) is 0 Å². The van der Waals surface area contributed by atoms with E-state index in [1.165, 1.54) is 19.2 Å². The zero-order valence-corrected chi connectivity index (χ0v) is 17.9. The summed E-state index contributed by atoms with van der Waals surface area (Å²) in [6.07, 6.45) is 3.11. The van der Waals surface area contributed by atoms with Crippen LogP contribution >= 0.6 is 0 Å². The van der Waals surface area contributed by atoms with E-state index in [9.17, 15) is 14.3 Å². The van der Waals surface area contributed by atoms with Gasteiger partial charge in [0.25, 0.3) is 5.91 Å². The first kappa shape index (κ1) is 21.8.